The van der Waals surface area contributed by atoms with Crippen molar-refractivity contribution in [1.29, 1.82) is 0 Å². The van der Waals surface area contributed by atoms with Crippen LogP contribution < -0.4 is 0 Å². The lowest BCUT2D eigenvalue weighted by molar-refractivity contribution is -0.130. The van der Waals surface area contributed by atoms with Gasteiger partial charge in [0.15, 0.2) is 0 Å². The molecule has 0 saturated heterocycles. The summed E-state index contributed by atoms with van der Waals surface area (Å²) in [5.41, 5.74) is 0. The fourth-order valence-electron chi connectivity index (χ4n) is 1.14. The summed E-state index contributed by atoms with van der Waals surface area (Å²) in [5.74, 6) is -0.438. The van der Waals surface area contributed by atoms with E-state index in [4.69, 9.17) is 11.6 Å². The third-order valence-electron chi connectivity index (χ3n) is 1.76. The van der Waals surface area contributed by atoms with Crippen LogP contribution in [-0.4, -0.2) is 29.3 Å². The standard InChI is InChI=1S/C8H11ClFNO/c1-6(9)8(12)11-4-2-3-7(10)5-11/h3,6H,2,4-5H2,1H3. The summed E-state index contributed by atoms with van der Waals surface area (Å²) in [4.78, 5) is 12.7. The molecule has 0 aromatic heterocycles. The highest BCUT2D eigenvalue weighted by atomic mass is 35.5. The van der Waals surface area contributed by atoms with Crippen LogP contribution in [0.25, 0.3) is 0 Å². The van der Waals surface area contributed by atoms with E-state index in [1.165, 1.54) is 11.0 Å². The van der Waals surface area contributed by atoms with E-state index < -0.39 is 5.38 Å². The fourth-order valence-corrected chi connectivity index (χ4v) is 1.28. The van der Waals surface area contributed by atoms with Crippen molar-refractivity contribution < 1.29 is 9.18 Å². The Morgan fingerprint density at radius 1 is 1.83 bits per heavy atom. The molecule has 0 N–H and O–H groups in total. The van der Waals surface area contributed by atoms with Gasteiger partial charge in [-0.05, 0) is 19.4 Å². The van der Waals surface area contributed by atoms with Gasteiger partial charge in [0.05, 0.1) is 6.54 Å². The minimum atomic E-state index is -0.559. The average Bonchev–Trinajstić information content (AvgIpc) is 2.03. The second-order valence-electron chi connectivity index (χ2n) is 2.82. The molecule has 0 aromatic carbocycles. The first-order valence-electron chi connectivity index (χ1n) is 3.88. The maximum atomic E-state index is 12.7. The highest BCUT2D eigenvalue weighted by Crippen LogP contribution is 2.12. The van der Waals surface area contributed by atoms with Crippen LogP contribution in [0, 0.1) is 0 Å². The van der Waals surface area contributed by atoms with E-state index in [0.717, 1.165) is 0 Å². The van der Waals surface area contributed by atoms with Crippen LogP contribution in [0.5, 0.6) is 0 Å². The average molecular weight is 192 g/mol. The number of carbonyl (C=O) groups excluding carboxylic acids is 1. The van der Waals surface area contributed by atoms with Crippen molar-refractivity contribution >= 4 is 17.5 Å². The summed E-state index contributed by atoms with van der Waals surface area (Å²) >= 11 is 5.58. The lowest BCUT2D eigenvalue weighted by Gasteiger charge is -2.25. The lowest BCUT2D eigenvalue weighted by atomic mass is 10.2. The van der Waals surface area contributed by atoms with E-state index in [1.807, 2.05) is 0 Å². The first-order valence-corrected chi connectivity index (χ1v) is 4.32. The van der Waals surface area contributed by atoms with Crippen molar-refractivity contribution in [2.24, 2.45) is 0 Å². The van der Waals surface area contributed by atoms with Crippen LogP contribution in [-0.2, 0) is 4.79 Å². The van der Waals surface area contributed by atoms with E-state index in [-0.39, 0.29) is 18.3 Å². The van der Waals surface area contributed by atoms with Crippen LogP contribution in [0.4, 0.5) is 4.39 Å². The first kappa shape index (κ1) is 9.52. The van der Waals surface area contributed by atoms with Gasteiger partial charge in [0.2, 0.25) is 5.91 Å². The lowest BCUT2D eigenvalue weighted by Crippen LogP contribution is -2.38. The predicted molar refractivity (Wildman–Crippen MR) is 45.7 cm³/mol. The molecule has 68 valence electrons. The van der Waals surface area contributed by atoms with E-state index in [2.05, 4.69) is 0 Å². The normalized spacial score (nSPS) is 20.2. The molecule has 0 saturated carbocycles. The minimum absolute atomic E-state index is 0.0793. The second kappa shape index (κ2) is 3.90. The Kier molecular flexibility index (Phi) is 3.09. The summed E-state index contributed by atoms with van der Waals surface area (Å²) in [6.07, 6.45) is 2.09. The van der Waals surface area contributed by atoms with E-state index in [9.17, 15) is 9.18 Å². The number of alkyl halides is 1. The molecular weight excluding hydrogens is 181 g/mol. The highest BCUT2D eigenvalue weighted by molar-refractivity contribution is 6.30. The molecule has 2 nitrogen and oxygen atoms in total. The van der Waals surface area contributed by atoms with Crippen LogP contribution in [0.15, 0.2) is 11.9 Å². The molecule has 1 heterocycles. The smallest absolute Gasteiger partial charge is 0.240 e. The zero-order valence-corrected chi connectivity index (χ0v) is 7.64. The molecule has 0 aromatic rings. The molecule has 4 heteroatoms. The van der Waals surface area contributed by atoms with Gasteiger partial charge in [-0.1, -0.05) is 0 Å². The number of amides is 1. The van der Waals surface area contributed by atoms with Crippen molar-refractivity contribution in [1.82, 2.24) is 4.90 Å². The van der Waals surface area contributed by atoms with Gasteiger partial charge in [0.1, 0.15) is 11.2 Å². The molecule has 1 unspecified atom stereocenters. The van der Waals surface area contributed by atoms with Crippen molar-refractivity contribution in [2.75, 3.05) is 13.1 Å². The summed E-state index contributed by atoms with van der Waals surface area (Å²) in [7, 11) is 0. The Labute approximate surface area is 76.0 Å². The zero-order chi connectivity index (χ0) is 9.14. The van der Waals surface area contributed by atoms with Gasteiger partial charge in [-0.3, -0.25) is 4.79 Å². The van der Waals surface area contributed by atoms with Crippen molar-refractivity contribution in [2.45, 2.75) is 18.7 Å². The number of nitrogens with zero attached hydrogens (tertiary/aromatic N) is 1. The third-order valence-corrected chi connectivity index (χ3v) is 1.95. The summed E-state index contributed by atoms with van der Waals surface area (Å²) in [6.45, 7) is 2.25. The van der Waals surface area contributed by atoms with Crippen LogP contribution >= 0.6 is 11.6 Å². The largest absolute Gasteiger partial charge is 0.334 e. The topological polar surface area (TPSA) is 20.3 Å². The molecule has 1 atom stereocenters. The van der Waals surface area contributed by atoms with Gasteiger partial charge in [0.25, 0.3) is 0 Å². The Hall–Kier alpha value is -0.570. The molecule has 12 heavy (non-hydrogen) atoms. The molecule has 0 bridgehead atoms. The third kappa shape index (κ3) is 2.21. The van der Waals surface area contributed by atoms with E-state index in [0.29, 0.717) is 13.0 Å². The van der Waals surface area contributed by atoms with Crippen molar-refractivity contribution in [3.8, 4) is 0 Å². The highest BCUT2D eigenvalue weighted by Gasteiger charge is 2.21. The maximum Gasteiger partial charge on any atom is 0.240 e. The van der Waals surface area contributed by atoms with Crippen LogP contribution in [0.1, 0.15) is 13.3 Å². The van der Waals surface area contributed by atoms with Gasteiger partial charge in [0, 0.05) is 6.54 Å². The molecule has 1 aliphatic rings. The van der Waals surface area contributed by atoms with Gasteiger partial charge in [-0.15, -0.1) is 11.6 Å². The number of rotatable bonds is 1. The molecule has 0 aliphatic carbocycles. The zero-order valence-electron chi connectivity index (χ0n) is 6.89. The van der Waals surface area contributed by atoms with E-state index in [1.54, 1.807) is 6.92 Å². The monoisotopic (exact) mass is 191 g/mol. The van der Waals surface area contributed by atoms with Crippen LogP contribution in [0.2, 0.25) is 0 Å². The molecule has 0 radical (unpaired) electrons. The molecule has 1 amide bonds. The Balaban J connectivity index is 2.55. The van der Waals surface area contributed by atoms with E-state index >= 15 is 0 Å². The van der Waals surface area contributed by atoms with Crippen LogP contribution in [0.3, 0.4) is 0 Å². The van der Waals surface area contributed by atoms with Crippen molar-refractivity contribution in [3.63, 3.8) is 0 Å². The Morgan fingerprint density at radius 2 is 2.50 bits per heavy atom. The molecule has 0 fully saturated rings. The Bertz CT molecular complexity index is 215. The molecular formula is C8H11ClFNO. The van der Waals surface area contributed by atoms with Crippen molar-refractivity contribution in [3.05, 3.63) is 11.9 Å². The minimum Gasteiger partial charge on any atom is -0.334 e. The van der Waals surface area contributed by atoms with Gasteiger partial charge >= 0.3 is 0 Å². The maximum absolute atomic E-state index is 12.7. The number of carbonyl (C=O) groups is 1. The number of halogens is 2. The molecule has 1 aliphatic heterocycles. The number of hydrogen-bond donors (Lipinski definition) is 0. The van der Waals surface area contributed by atoms with Gasteiger partial charge in [-0.2, -0.15) is 0 Å². The Morgan fingerprint density at radius 3 is 3.00 bits per heavy atom. The summed E-state index contributed by atoms with van der Waals surface area (Å²) in [6, 6.07) is 0. The van der Waals surface area contributed by atoms with Gasteiger partial charge in [-0.25, -0.2) is 4.39 Å². The molecule has 0 spiro atoms. The predicted octanol–water partition coefficient (Wildman–Crippen LogP) is 1.70. The fraction of sp³-hybridized carbons (Fsp3) is 0.625. The first-order chi connectivity index (χ1) is 5.61. The molecule has 1 rings (SSSR count). The number of hydrogen-bond acceptors (Lipinski definition) is 1. The van der Waals surface area contributed by atoms with Gasteiger partial charge < -0.3 is 4.90 Å². The second-order valence-corrected chi connectivity index (χ2v) is 3.47. The summed E-state index contributed by atoms with van der Waals surface area (Å²) < 4.78 is 12.7. The SMILES string of the molecule is CC(Cl)C(=O)N1CCC=C(F)C1. The summed E-state index contributed by atoms with van der Waals surface area (Å²) in [5, 5.41) is -0.559. The quantitative estimate of drug-likeness (QED) is 0.578.